The summed E-state index contributed by atoms with van der Waals surface area (Å²) in [6.45, 7) is 1.34. The van der Waals surface area contributed by atoms with E-state index in [1.807, 2.05) is 0 Å². The Morgan fingerprint density at radius 2 is 1.71 bits per heavy atom. The van der Waals surface area contributed by atoms with E-state index in [0.717, 1.165) is 24.2 Å². The number of aliphatic carboxylic acids is 1. The minimum atomic E-state index is -1.36. The topological polar surface area (TPSA) is 77.5 Å². The highest BCUT2D eigenvalue weighted by molar-refractivity contribution is 6.08. The number of carbonyl (C=O) groups is 3. The fourth-order valence-corrected chi connectivity index (χ4v) is 3.92. The van der Waals surface area contributed by atoms with Gasteiger partial charge in [0.2, 0.25) is 11.8 Å². The lowest BCUT2D eigenvalue weighted by Gasteiger charge is -2.24. The standard InChI is InChI=1S/C12H15NO4/c1-5(12(16)17)13-10(14)8-6-2-3-7(4-6)9(8)11(13)15/h5-9H,2-4H2,1H3,(H,16,17)/p-1/t5-,6-,7-,8-,9+/m1/s1. The molecule has 3 fully saturated rings. The number of carbonyl (C=O) groups excluding carboxylic acids is 3. The predicted molar refractivity (Wildman–Crippen MR) is 54.1 cm³/mol. The summed E-state index contributed by atoms with van der Waals surface area (Å²) in [5.74, 6) is -1.85. The zero-order valence-electron chi connectivity index (χ0n) is 9.59. The van der Waals surface area contributed by atoms with Crippen molar-refractivity contribution in [2.45, 2.75) is 32.2 Å². The molecule has 3 aliphatic rings. The third kappa shape index (κ3) is 1.22. The smallest absolute Gasteiger partial charge is 0.233 e. The number of carboxylic acid groups (broad SMARTS) is 1. The van der Waals surface area contributed by atoms with Crippen molar-refractivity contribution in [2.24, 2.45) is 23.7 Å². The second-order valence-electron chi connectivity index (χ2n) is 5.43. The molecule has 5 nitrogen and oxygen atoms in total. The molecule has 92 valence electrons. The first-order valence-corrected chi connectivity index (χ1v) is 6.10. The number of fused-ring (bicyclic) bond motifs is 5. The van der Waals surface area contributed by atoms with Gasteiger partial charge in [-0.2, -0.15) is 0 Å². The van der Waals surface area contributed by atoms with E-state index < -0.39 is 12.0 Å². The number of rotatable bonds is 2. The van der Waals surface area contributed by atoms with E-state index in [2.05, 4.69) is 0 Å². The van der Waals surface area contributed by atoms with E-state index >= 15 is 0 Å². The molecule has 17 heavy (non-hydrogen) atoms. The van der Waals surface area contributed by atoms with E-state index in [1.54, 1.807) is 0 Å². The van der Waals surface area contributed by atoms with Crippen molar-refractivity contribution >= 4 is 17.8 Å². The Balaban J connectivity index is 1.93. The summed E-state index contributed by atoms with van der Waals surface area (Å²) in [6, 6.07) is -1.14. The van der Waals surface area contributed by atoms with Gasteiger partial charge < -0.3 is 9.90 Å². The van der Waals surface area contributed by atoms with E-state index in [9.17, 15) is 19.5 Å². The van der Waals surface area contributed by atoms with Gasteiger partial charge in [-0.05, 0) is 38.0 Å². The molecule has 0 radical (unpaired) electrons. The predicted octanol–water partition coefficient (Wildman–Crippen LogP) is -0.844. The summed E-state index contributed by atoms with van der Waals surface area (Å²) in [7, 11) is 0. The second kappa shape index (κ2) is 3.31. The lowest BCUT2D eigenvalue weighted by molar-refractivity contribution is -0.310. The Labute approximate surface area is 98.8 Å². The molecule has 1 saturated heterocycles. The molecule has 0 spiro atoms. The first-order valence-electron chi connectivity index (χ1n) is 6.10. The number of amides is 2. The highest BCUT2D eigenvalue weighted by Crippen LogP contribution is 2.56. The van der Waals surface area contributed by atoms with Crippen molar-refractivity contribution in [1.82, 2.24) is 4.90 Å². The highest BCUT2D eigenvalue weighted by Gasteiger charge is 2.61. The van der Waals surface area contributed by atoms with Crippen LogP contribution < -0.4 is 5.11 Å². The van der Waals surface area contributed by atoms with Crippen LogP contribution in [0.15, 0.2) is 0 Å². The molecule has 2 aliphatic carbocycles. The zero-order chi connectivity index (χ0) is 12.3. The molecule has 1 aliphatic heterocycles. The molecule has 0 aromatic carbocycles. The molecule has 5 heteroatoms. The van der Waals surface area contributed by atoms with Crippen LogP contribution in [0.1, 0.15) is 26.2 Å². The third-order valence-corrected chi connectivity index (χ3v) is 4.69. The minimum absolute atomic E-state index is 0.247. The van der Waals surface area contributed by atoms with Gasteiger partial charge in [0.1, 0.15) is 0 Å². The number of hydrogen-bond acceptors (Lipinski definition) is 4. The van der Waals surface area contributed by atoms with E-state index in [1.165, 1.54) is 6.92 Å². The Hall–Kier alpha value is -1.39. The first-order chi connectivity index (χ1) is 8.02. The van der Waals surface area contributed by atoms with Crippen LogP contribution in [-0.2, 0) is 14.4 Å². The van der Waals surface area contributed by atoms with Crippen LogP contribution in [-0.4, -0.2) is 28.7 Å². The lowest BCUT2D eigenvalue weighted by Crippen LogP contribution is -2.49. The molecule has 0 aromatic heterocycles. The number of carboxylic acids is 1. The number of hydrogen-bond donors (Lipinski definition) is 0. The third-order valence-electron chi connectivity index (χ3n) is 4.69. The van der Waals surface area contributed by atoms with Crippen LogP contribution in [0.5, 0.6) is 0 Å². The van der Waals surface area contributed by atoms with Gasteiger partial charge in [0.25, 0.3) is 0 Å². The average Bonchev–Trinajstić information content (AvgIpc) is 2.92. The molecular formula is C12H14NO4-. The van der Waals surface area contributed by atoms with Gasteiger partial charge in [0, 0.05) is 0 Å². The largest absolute Gasteiger partial charge is 0.548 e. The van der Waals surface area contributed by atoms with Crippen LogP contribution in [0.25, 0.3) is 0 Å². The molecule has 2 amide bonds. The summed E-state index contributed by atoms with van der Waals surface area (Å²) in [6.07, 6.45) is 2.96. The summed E-state index contributed by atoms with van der Waals surface area (Å²) >= 11 is 0. The molecular weight excluding hydrogens is 222 g/mol. The molecule has 1 heterocycles. The number of nitrogens with zero attached hydrogens (tertiary/aromatic N) is 1. The summed E-state index contributed by atoms with van der Waals surface area (Å²) < 4.78 is 0. The molecule has 0 aromatic rings. The van der Waals surface area contributed by atoms with Gasteiger partial charge in [-0.25, -0.2) is 0 Å². The monoisotopic (exact) mass is 236 g/mol. The quantitative estimate of drug-likeness (QED) is 0.585. The van der Waals surface area contributed by atoms with Crippen LogP contribution in [0.3, 0.4) is 0 Å². The number of likely N-dealkylation sites (tertiary alicyclic amines) is 1. The van der Waals surface area contributed by atoms with Crippen molar-refractivity contribution in [1.29, 1.82) is 0 Å². The van der Waals surface area contributed by atoms with Crippen molar-refractivity contribution in [3.8, 4) is 0 Å². The van der Waals surface area contributed by atoms with Crippen molar-refractivity contribution in [2.75, 3.05) is 0 Å². The molecule has 5 atom stereocenters. The maximum atomic E-state index is 12.1. The minimum Gasteiger partial charge on any atom is -0.548 e. The van der Waals surface area contributed by atoms with E-state index in [0.29, 0.717) is 11.8 Å². The first kappa shape index (κ1) is 10.7. The van der Waals surface area contributed by atoms with Crippen LogP contribution in [0.2, 0.25) is 0 Å². The normalized spacial score (nSPS) is 40.9. The molecule has 0 unspecified atom stereocenters. The Morgan fingerprint density at radius 3 is 2.12 bits per heavy atom. The van der Waals surface area contributed by atoms with Gasteiger partial charge in [-0.15, -0.1) is 0 Å². The average molecular weight is 236 g/mol. The number of imide groups is 1. The van der Waals surface area contributed by atoms with Crippen LogP contribution >= 0.6 is 0 Å². The fourth-order valence-electron chi connectivity index (χ4n) is 3.92. The van der Waals surface area contributed by atoms with Gasteiger partial charge in [0.05, 0.1) is 23.8 Å². The summed E-state index contributed by atoms with van der Waals surface area (Å²) in [5, 5.41) is 10.8. The Morgan fingerprint density at radius 1 is 1.24 bits per heavy atom. The molecule has 2 bridgehead atoms. The Kier molecular flexibility index (Phi) is 2.09. The van der Waals surface area contributed by atoms with Gasteiger partial charge >= 0.3 is 0 Å². The van der Waals surface area contributed by atoms with Crippen LogP contribution in [0, 0.1) is 23.7 Å². The lowest BCUT2D eigenvalue weighted by atomic mass is 9.81. The highest BCUT2D eigenvalue weighted by atomic mass is 16.4. The molecule has 3 rings (SSSR count). The van der Waals surface area contributed by atoms with Gasteiger partial charge in [0.15, 0.2) is 0 Å². The molecule has 2 saturated carbocycles. The van der Waals surface area contributed by atoms with Gasteiger partial charge in [-0.3, -0.25) is 14.5 Å². The maximum Gasteiger partial charge on any atom is 0.233 e. The maximum absolute atomic E-state index is 12.1. The van der Waals surface area contributed by atoms with Crippen molar-refractivity contribution < 1.29 is 19.5 Å². The van der Waals surface area contributed by atoms with Crippen LogP contribution in [0.4, 0.5) is 0 Å². The zero-order valence-corrected chi connectivity index (χ0v) is 9.59. The van der Waals surface area contributed by atoms with Crippen molar-refractivity contribution in [3.05, 3.63) is 0 Å². The van der Waals surface area contributed by atoms with Gasteiger partial charge in [-0.1, -0.05) is 0 Å². The second-order valence-corrected chi connectivity index (χ2v) is 5.43. The van der Waals surface area contributed by atoms with E-state index in [4.69, 9.17) is 0 Å². The fraction of sp³-hybridized carbons (Fsp3) is 0.750. The summed E-state index contributed by atoms with van der Waals surface area (Å²) in [4.78, 5) is 36.0. The Bertz CT molecular complexity index is 391. The van der Waals surface area contributed by atoms with Crippen molar-refractivity contribution in [3.63, 3.8) is 0 Å². The summed E-state index contributed by atoms with van der Waals surface area (Å²) in [5.41, 5.74) is 0. The SMILES string of the molecule is C[C@H](C(=O)[O-])N1C(=O)[C@@H]2[C@@H]3CC[C@H](C3)[C@@H]2C1=O. The molecule has 0 N–H and O–H groups in total. The van der Waals surface area contributed by atoms with E-state index in [-0.39, 0.29) is 23.7 Å².